The average molecular weight is 485 g/mol. The Bertz CT molecular complexity index is 828. The summed E-state index contributed by atoms with van der Waals surface area (Å²) >= 11 is 0. The van der Waals surface area contributed by atoms with Gasteiger partial charge in [-0.05, 0) is 36.4 Å². The van der Waals surface area contributed by atoms with Crippen LogP contribution in [0.2, 0.25) is 18.1 Å². The third-order valence-electron chi connectivity index (χ3n) is 7.20. The first-order valence-corrected chi connectivity index (χ1v) is 14.4. The van der Waals surface area contributed by atoms with Crippen molar-refractivity contribution in [3.05, 3.63) is 24.5 Å². The van der Waals surface area contributed by atoms with Crippen molar-refractivity contribution in [1.29, 1.82) is 0 Å². The fourth-order valence-corrected chi connectivity index (χ4v) is 8.75. The number of fused-ring (bicyclic) bond motifs is 2. The second-order valence-electron chi connectivity index (χ2n) is 8.33. The summed E-state index contributed by atoms with van der Waals surface area (Å²) in [6.07, 6.45) is 2.30. The van der Waals surface area contributed by atoms with Crippen LogP contribution in [-0.2, 0) is 23.5 Å². The summed E-state index contributed by atoms with van der Waals surface area (Å²) in [5.74, 6) is -2.51. The average Bonchev–Trinajstić information content (AvgIpc) is 3.08. The van der Waals surface area contributed by atoms with Gasteiger partial charge in [0.1, 0.15) is 6.26 Å². The summed E-state index contributed by atoms with van der Waals surface area (Å²) in [5, 5.41) is 9.53. The summed E-state index contributed by atoms with van der Waals surface area (Å²) in [6, 6.07) is 2.33. The highest BCUT2D eigenvalue weighted by atomic mass is 32.2. The SMILES string of the molecule is C=C[C@]1(O[Si](CC)(CC)CC)[C@@H]2/C(=C\OS(=O)(=O)C(F)(F)F)C(=O)[C@H]1C(CCO)[C@@H]2C. The smallest absolute Gasteiger partial charge is 0.407 e. The number of carbonyl (C=O) groups excluding carboxylic acids is 1. The molecule has 0 aromatic carbocycles. The van der Waals surface area contributed by atoms with Crippen molar-refractivity contribution in [3.63, 3.8) is 0 Å². The monoisotopic (exact) mass is 484 g/mol. The topological polar surface area (TPSA) is 89.9 Å². The van der Waals surface area contributed by atoms with Crippen molar-refractivity contribution in [2.75, 3.05) is 6.61 Å². The van der Waals surface area contributed by atoms with Crippen LogP contribution in [-0.4, -0.2) is 45.3 Å². The molecule has 1 unspecified atom stereocenters. The predicted octanol–water partition coefficient (Wildman–Crippen LogP) is 4.15. The van der Waals surface area contributed by atoms with E-state index in [9.17, 15) is 31.5 Å². The van der Waals surface area contributed by atoms with Gasteiger partial charge < -0.3 is 13.7 Å². The van der Waals surface area contributed by atoms with E-state index in [2.05, 4.69) is 10.8 Å². The van der Waals surface area contributed by atoms with Gasteiger partial charge in [-0.25, -0.2) is 0 Å². The van der Waals surface area contributed by atoms with Gasteiger partial charge in [-0.2, -0.15) is 21.6 Å². The summed E-state index contributed by atoms with van der Waals surface area (Å²) in [6.45, 7) is 11.6. The number of hydrogen-bond acceptors (Lipinski definition) is 6. The molecule has 0 heterocycles. The molecule has 0 spiro atoms. The molecule has 6 nitrogen and oxygen atoms in total. The normalized spacial score (nSPS) is 32.6. The zero-order chi connectivity index (χ0) is 23.8. The molecule has 2 fully saturated rings. The van der Waals surface area contributed by atoms with Crippen LogP contribution in [0.15, 0.2) is 24.5 Å². The lowest BCUT2D eigenvalue weighted by Crippen LogP contribution is -2.50. The maximum absolute atomic E-state index is 13.3. The molecule has 0 saturated heterocycles. The fraction of sp³-hybridized carbons (Fsp3) is 0.750. The van der Waals surface area contributed by atoms with E-state index in [0.717, 1.165) is 18.1 Å². The molecule has 31 heavy (non-hydrogen) atoms. The minimum atomic E-state index is -5.89. The molecule has 0 radical (unpaired) electrons. The molecular formula is C20H31F3O6SSi. The molecule has 0 aromatic rings. The summed E-state index contributed by atoms with van der Waals surface area (Å²) in [7, 11) is -8.19. The highest BCUT2D eigenvalue weighted by Gasteiger charge is 2.69. The molecular weight excluding hydrogens is 453 g/mol. The number of ketones is 1. The molecule has 0 aliphatic heterocycles. The van der Waals surface area contributed by atoms with E-state index in [1.54, 1.807) is 6.08 Å². The number of alkyl halides is 3. The van der Waals surface area contributed by atoms with Gasteiger partial charge in [0, 0.05) is 18.1 Å². The van der Waals surface area contributed by atoms with Crippen molar-refractivity contribution >= 4 is 24.2 Å². The Hall–Kier alpha value is -1.17. The van der Waals surface area contributed by atoms with Gasteiger partial charge in [0.2, 0.25) is 0 Å². The van der Waals surface area contributed by atoms with Gasteiger partial charge in [-0.15, -0.1) is 6.58 Å². The molecule has 2 aliphatic carbocycles. The maximum Gasteiger partial charge on any atom is 0.534 e. The zero-order valence-corrected chi connectivity index (χ0v) is 20.1. The number of hydrogen-bond donors (Lipinski definition) is 1. The van der Waals surface area contributed by atoms with Crippen LogP contribution in [0.3, 0.4) is 0 Å². The number of carbonyl (C=O) groups is 1. The molecule has 5 atom stereocenters. The molecule has 2 bridgehead atoms. The van der Waals surface area contributed by atoms with Gasteiger partial charge in [-0.3, -0.25) is 4.79 Å². The Labute approximate surface area is 182 Å². The molecule has 2 aliphatic rings. The third kappa shape index (κ3) is 4.14. The molecule has 11 heteroatoms. The van der Waals surface area contributed by atoms with E-state index in [-0.39, 0.29) is 24.0 Å². The van der Waals surface area contributed by atoms with E-state index >= 15 is 0 Å². The molecule has 178 valence electrons. The molecule has 0 aromatic heterocycles. The van der Waals surface area contributed by atoms with Crippen molar-refractivity contribution in [2.45, 2.75) is 63.4 Å². The minimum absolute atomic E-state index is 0.134. The van der Waals surface area contributed by atoms with Crippen LogP contribution in [0.5, 0.6) is 0 Å². The zero-order valence-electron chi connectivity index (χ0n) is 18.2. The number of Topliss-reactive ketones (excluding diaryl/α,β-unsaturated/α-hetero) is 1. The van der Waals surface area contributed by atoms with Gasteiger partial charge in [0.05, 0.1) is 11.5 Å². The Morgan fingerprint density at radius 2 is 1.74 bits per heavy atom. The van der Waals surface area contributed by atoms with Crippen LogP contribution in [0, 0.1) is 23.7 Å². The lowest BCUT2D eigenvalue weighted by atomic mass is 9.76. The predicted molar refractivity (Wildman–Crippen MR) is 112 cm³/mol. The van der Waals surface area contributed by atoms with E-state index in [1.165, 1.54) is 0 Å². The lowest BCUT2D eigenvalue weighted by Gasteiger charge is -2.41. The number of aliphatic hydroxyl groups is 1. The number of halogens is 3. The first kappa shape index (κ1) is 26.1. The molecule has 2 rings (SSSR count). The summed E-state index contributed by atoms with van der Waals surface area (Å²) < 4.78 is 71.8. The highest BCUT2D eigenvalue weighted by Crippen LogP contribution is 2.63. The maximum atomic E-state index is 13.3. The van der Waals surface area contributed by atoms with Gasteiger partial charge >= 0.3 is 15.6 Å². The Morgan fingerprint density at radius 1 is 1.19 bits per heavy atom. The first-order chi connectivity index (χ1) is 14.3. The van der Waals surface area contributed by atoms with Crippen LogP contribution < -0.4 is 0 Å². The van der Waals surface area contributed by atoms with Crippen molar-refractivity contribution < 1.29 is 40.1 Å². The second kappa shape index (κ2) is 8.99. The molecule has 2 saturated carbocycles. The van der Waals surface area contributed by atoms with Crippen LogP contribution in [0.4, 0.5) is 13.2 Å². The van der Waals surface area contributed by atoms with Crippen molar-refractivity contribution in [3.8, 4) is 0 Å². The standard InChI is InChI=1S/C20H31F3O6SSi/c1-6-19(29-31(7-2,8-3)9-4)16-13(5)14(10-11-24)17(19)18(25)15(16)12-28-30(26,27)20(21,22)23/h6,12-14,16-17,24H,1,7-11H2,2-5H3/b15-12+/t13-,14?,16-,17+,19-/m0/s1. The Balaban J connectivity index is 2.60. The van der Waals surface area contributed by atoms with Gasteiger partial charge in [0.15, 0.2) is 14.1 Å². The number of rotatable bonds is 10. The number of aliphatic hydroxyl groups excluding tert-OH is 1. The summed E-state index contributed by atoms with van der Waals surface area (Å²) in [5.41, 5.74) is -6.90. The van der Waals surface area contributed by atoms with Crippen LogP contribution in [0.25, 0.3) is 0 Å². The Kier molecular flexibility index (Phi) is 7.56. The van der Waals surface area contributed by atoms with Gasteiger partial charge in [-0.1, -0.05) is 33.8 Å². The lowest BCUT2D eigenvalue weighted by molar-refractivity contribution is -0.123. The molecule has 0 amide bonds. The largest absolute Gasteiger partial charge is 0.534 e. The van der Waals surface area contributed by atoms with Crippen molar-refractivity contribution in [2.24, 2.45) is 23.7 Å². The minimum Gasteiger partial charge on any atom is -0.407 e. The van der Waals surface area contributed by atoms with E-state index in [1.807, 2.05) is 27.7 Å². The quantitative estimate of drug-likeness (QED) is 0.125. The summed E-state index contributed by atoms with van der Waals surface area (Å²) in [4.78, 5) is 13.3. The van der Waals surface area contributed by atoms with Crippen molar-refractivity contribution in [1.82, 2.24) is 0 Å². The second-order valence-corrected chi connectivity index (χ2v) is 14.6. The van der Waals surface area contributed by atoms with Gasteiger partial charge in [0.25, 0.3) is 0 Å². The highest BCUT2D eigenvalue weighted by molar-refractivity contribution is 7.87. The fourth-order valence-electron chi connectivity index (χ4n) is 5.39. The van der Waals surface area contributed by atoms with Crippen LogP contribution >= 0.6 is 0 Å². The van der Waals surface area contributed by atoms with E-state index < -0.39 is 47.2 Å². The van der Waals surface area contributed by atoms with E-state index in [4.69, 9.17) is 4.43 Å². The molecule has 1 N–H and O–H groups in total. The third-order valence-corrected chi connectivity index (χ3v) is 12.8. The first-order valence-electron chi connectivity index (χ1n) is 10.5. The van der Waals surface area contributed by atoms with E-state index in [0.29, 0.717) is 12.7 Å². The van der Waals surface area contributed by atoms with Crippen LogP contribution in [0.1, 0.15) is 34.1 Å². The Morgan fingerprint density at radius 3 is 2.16 bits per heavy atom.